The van der Waals surface area contributed by atoms with Crippen molar-refractivity contribution in [3.05, 3.63) is 29.0 Å². The molecular formula is C11H14ClFN2O. The van der Waals surface area contributed by atoms with E-state index in [-0.39, 0.29) is 16.6 Å². The number of urea groups is 1. The van der Waals surface area contributed by atoms with Crippen molar-refractivity contribution in [1.82, 2.24) is 5.32 Å². The maximum absolute atomic E-state index is 12.7. The van der Waals surface area contributed by atoms with Gasteiger partial charge in [-0.3, -0.25) is 0 Å². The van der Waals surface area contributed by atoms with Crippen LogP contribution in [0.4, 0.5) is 14.9 Å². The summed E-state index contributed by atoms with van der Waals surface area (Å²) >= 11 is 5.76. The number of nitrogens with one attached hydrogen (secondary N) is 2. The Morgan fingerprint density at radius 3 is 2.50 bits per heavy atom. The molecule has 3 nitrogen and oxygen atoms in total. The third kappa shape index (κ3) is 4.06. The lowest BCUT2D eigenvalue weighted by atomic mass is 10.1. The van der Waals surface area contributed by atoms with Crippen molar-refractivity contribution < 1.29 is 9.18 Å². The lowest BCUT2D eigenvalue weighted by Gasteiger charge is -2.21. The summed E-state index contributed by atoms with van der Waals surface area (Å²) in [5.41, 5.74) is 0.0427. The molecular weight excluding hydrogens is 231 g/mol. The molecule has 0 spiro atoms. The second-order valence-electron chi connectivity index (χ2n) is 4.45. The molecule has 0 saturated heterocycles. The zero-order valence-electron chi connectivity index (χ0n) is 9.40. The van der Waals surface area contributed by atoms with Crippen LogP contribution in [0.3, 0.4) is 0 Å². The predicted octanol–water partition coefficient (Wildman–Crippen LogP) is 3.40. The van der Waals surface area contributed by atoms with Gasteiger partial charge < -0.3 is 10.6 Å². The van der Waals surface area contributed by atoms with Gasteiger partial charge in [0.1, 0.15) is 5.82 Å². The van der Waals surface area contributed by atoms with Gasteiger partial charge in [0, 0.05) is 5.54 Å². The fraction of sp³-hybridized carbons (Fsp3) is 0.364. The first-order valence-electron chi connectivity index (χ1n) is 4.82. The van der Waals surface area contributed by atoms with Gasteiger partial charge in [-0.25, -0.2) is 9.18 Å². The summed E-state index contributed by atoms with van der Waals surface area (Å²) in [6.07, 6.45) is 0. The molecule has 88 valence electrons. The number of carbonyl (C=O) groups is 1. The molecule has 0 aliphatic heterocycles. The first-order valence-corrected chi connectivity index (χ1v) is 5.20. The molecule has 16 heavy (non-hydrogen) atoms. The minimum absolute atomic E-state index is 0.170. The molecule has 0 aliphatic carbocycles. The molecule has 0 unspecified atom stereocenters. The number of anilines is 1. The molecule has 2 amide bonds. The molecule has 1 rings (SSSR count). The predicted molar refractivity (Wildman–Crippen MR) is 63.3 cm³/mol. The van der Waals surface area contributed by atoms with E-state index in [4.69, 9.17) is 11.6 Å². The standard InChI is InChI=1S/C11H14ClFN2O/c1-11(2,3)15-10(16)14-9-5-4-7(13)6-8(9)12/h4-6H,1-3H3,(H2,14,15,16). The van der Waals surface area contributed by atoms with E-state index in [1.54, 1.807) is 0 Å². The molecule has 0 bridgehead atoms. The fourth-order valence-electron chi connectivity index (χ4n) is 1.09. The number of amides is 2. The summed E-state index contributed by atoms with van der Waals surface area (Å²) in [7, 11) is 0. The Kier molecular flexibility index (Phi) is 3.75. The molecule has 0 radical (unpaired) electrons. The monoisotopic (exact) mass is 244 g/mol. The third-order valence-corrected chi connectivity index (χ3v) is 1.98. The molecule has 0 aromatic heterocycles. The van der Waals surface area contributed by atoms with E-state index in [1.807, 2.05) is 20.8 Å². The molecule has 5 heteroatoms. The Morgan fingerprint density at radius 2 is 2.00 bits per heavy atom. The number of hydrogen-bond acceptors (Lipinski definition) is 1. The highest BCUT2D eigenvalue weighted by Gasteiger charge is 2.14. The van der Waals surface area contributed by atoms with Crippen LogP contribution in [0, 0.1) is 5.82 Å². The highest BCUT2D eigenvalue weighted by atomic mass is 35.5. The third-order valence-electron chi connectivity index (χ3n) is 1.67. The van der Waals surface area contributed by atoms with Crippen LogP contribution < -0.4 is 10.6 Å². The van der Waals surface area contributed by atoms with E-state index in [9.17, 15) is 9.18 Å². The van der Waals surface area contributed by atoms with Crippen LogP contribution >= 0.6 is 11.6 Å². The molecule has 2 N–H and O–H groups in total. The molecule has 1 aromatic carbocycles. The normalized spacial score (nSPS) is 11.1. The van der Waals surface area contributed by atoms with E-state index in [0.717, 1.165) is 6.07 Å². The van der Waals surface area contributed by atoms with E-state index in [2.05, 4.69) is 10.6 Å². The van der Waals surface area contributed by atoms with Gasteiger partial charge in [-0.15, -0.1) is 0 Å². The second-order valence-corrected chi connectivity index (χ2v) is 4.86. The molecule has 0 heterocycles. The smallest absolute Gasteiger partial charge is 0.319 e. The van der Waals surface area contributed by atoms with E-state index in [1.165, 1.54) is 12.1 Å². The minimum Gasteiger partial charge on any atom is -0.333 e. The number of halogens is 2. The maximum Gasteiger partial charge on any atom is 0.319 e. The van der Waals surface area contributed by atoms with Crippen molar-refractivity contribution >= 4 is 23.3 Å². The summed E-state index contributed by atoms with van der Waals surface area (Å²) in [5, 5.41) is 5.42. The van der Waals surface area contributed by atoms with Crippen molar-refractivity contribution in [3.8, 4) is 0 Å². The van der Waals surface area contributed by atoms with Crippen molar-refractivity contribution in [2.24, 2.45) is 0 Å². The molecule has 0 fully saturated rings. The Morgan fingerprint density at radius 1 is 1.38 bits per heavy atom. The lowest BCUT2D eigenvalue weighted by Crippen LogP contribution is -2.43. The van der Waals surface area contributed by atoms with Crippen LogP contribution in [0.25, 0.3) is 0 Å². The average Bonchev–Trinajstić information content (AvgIpc) is 2.06. The Balaban J connectivity index is 2.70. The van der Waals surface area contributed by atoms with Crippen LogP contribution in [-0.4, -0.2) is 11.6 Å². The van der Waals surface area contributed by atoms with E-state index >= 15 is 0 Å². The quantitative estimate of drug-likeness (QED) is 0.781. The maximum atomic E-state index is 12.7. The number of rotatable bonds is 1. The summed E-state index contributed by atoms with van der Waals surface area (Å²) in [6, 6.07) is 3.42. The molecule has 0 saturated carbocycles. The zero-order chi connectivity index (χ0) is 12.3. The van der Waals surface area contributed by atoms with Crippen LogP contribution in [0.1, 0.15) is 20.8 Å². The summed E-state index contributed by atoms with van der Waals surface area (Å²) < 4.78 is 12.7. The van der Waals surface area contributed by atoms with E-state index < -0.39 is 5.82 Å². The van der Waals surface area contributed by atoms with Crippen LogP contribution in [0.15, 0.2) is 18.2 Å². The summed E-state index contributed by atoms with van der Waals surface area (Å²) in [4.78, 5) is 11.5. The van der Waals surface area contributed by atoms with Gasteiger partial charge in [-0.2, -0.15) is 0 Å². The average molecular weight is 245 g/mol. The highest BCUT2D eigenvalue weighted by molar-refractivity contribution is 6.33. The number of carbonyl (C=O) groups excluding carboxylic acids is 1. The van der Waals surface area contributed by atoms with Gasteiger partial charge in [0.05, 0.1) is 10.7 Å². The first-order chi connectivity index (χ1) is 7.28. The van der Waals surface area contributed by atoms with Gasteiger partial charge >= 0.3 is 6.03 Å². The Bertz CT molecular complexity index is 401. The number of hydrogen-bond donors (Lipinski definition) is 2. The fourth-order valence-corrected chi connectivity index (χ4v) is 1.30. The topological polar surface area (TPSA) is 41.1 Å². The molecule has 0 aliphatic rings. The van der Waals surface area contributed by atoms with Gasteiger partial charge in [-0.1, -0.05) is 11.6 Å². The minimum atomic E-state index is -0.438. The second kappa shape index (κ2) is 4.70. The number of benzene rings is 1. The van der Waals surface area contributed by atoms with Gasteiger partial charge in [-0.05, 0) is 39.0 Å². The highest BCUT2D eigenvalue weighted by Crippen LogP contribution is 2.22. The van der Waals surface area contributed by atoms with Gasteiger partial charge in [0.25, 0.3) is 0 Å². The van der Waals surface area contributed by atoms with Crippen molar-refractivity contribution in [2.45, 2.75) is 26.3 Å². The summed E-state index contributed by atoms with van der Waals surface area (Å²) in [5.74, 6) is -0.438. The van der Waals surface area contributed by atoms with Crippen molar-refractivity contribution in [3.63, 3.8) is 0 Å². The SMILES string of the molecule is CC(C)(C)NC(=O)Nc1ccc(F)cc1Cl. The van der Waals surface area contributed by atoms with E-state index in [0.29, 0.717) is 5.69 Å². The summed E-state index contributed by atoms with van der Waals surface area (Å²) in [6.45, 7) is 5.58. The zero-order valence-corrected chi connectivity index (χ0v) is 10.2. The van der Waals surface area contributed by atoms with Crippen molar-refractivity contribution in [2.75, 3.05) is 5.32 Å². The largest absolute Gasteiger partial charge is 0.333 e. The lowest BCUT2D eigenvalue weighted by molar-refractivity contribution is 0.244. The van der Waals surface area contributed by atoms with Crippen LogP contribution in [-0.2, 0) is 0 Å². The van der Waals surface area contributed by atoms with Crippen molar-refractivity contribution in [1.29, 1.82) is 0 Å². The first kappa shape index (κ1) is 12.8. The van der Waals surface area contributed by atoms with Crippen LogP contribution in [0.2, 0.25) is 5.02 Å². The molecule has 0 atom stereocenters. The van der Waals surface area contributed by atoms with Gasteiger partial charge in [0.2, 0.25) is 0 Å². The Labute approximate surface area is 99.0 Å². The molecule has 1 aromatic rings. The Hall–Kier alpha value is -1.29. The van der Waals surface area contributed by atoms with Crippen LogP contribution in [0.5, 0.6) is 0 Å². The van der Waals surface area contributed by atoms with Gasteiger partial charge in [0.15, 0.2) is 0 Å².